The highest BCUT2D eigenvalue weighted by Gasteiger charge is 2.16. The monoisotopic (exact) mass is 291 g/mol. The largest absolute Gasteiger partial charge is 0.348 e. The van der Waals surface area contributed by atoms with Crippen LogP contribution >= 0.6 is 11.8 Å². The van der Waals surface area contributed by atoms with Crippen LogP contribution in [0, 0.1) is 6.92 Å². The molecule has 2 N–H and O–H groups in total. The molecule has 2 rings (SSSR count). The Balaban J connectivity index is 2.03. The van der Waals surface area contributed by atoms with Crippen molar-refractivity contribution < 1.29 is 9.59 Å². The zero-order valence-corrected chi connectivity index (χ0v) is 12.5. The molecule has 1 aromatic heterocycles. The van der Waals surface area contributed by atoms with E-state index in [0.717, 1.165) is 16.6 Å². The van der Waals surface area contributed by atoms with E-state index in [9.17, 15) is 9.59 Å². The van der Waals surface area contributed by atoms with Gasteiger partial charge < -0.3 is 10.3 Å². The SMILES string of the molecule is CC(=O)CNC(=O)C(C)Sc1nc2ccc(C)cc2[nH]1. The second-order valence-corrected chi connectivity index (χ2v) is 6.07. The number of imidazole rings is 1. The summed E-state index contributed by atoms with van der Waals surface area (Å²) in [5.74, 6) is -0.225. The van der Waals surface area contributed by atoms with Crippen molar-refractivity contribution in [2.75, 3.05) is 6.54 Å². The Morgan fingerprint density at radius 1 is 1.45 bits per heavy atom. The van der Waals surface area contributed by atoms with Crippen LogP contribution in [0.3, 0.4) is 0 Å². The molecule has 6 heteroatoms. The molecule has 1 amide bonds. The second kappa shape index (κ2) is 6.09. The number of amides is 1. The molecule has 0 aliphatic carbocycles. The predicted molar refractivity (Wildman–Crippen MR) is 79.8 cm³/mol. The van der Waals surface area contributed by atoms with Gasteiger partial charge in [-0.15, -0.1) is 0 Å². The van der Waals surface area contributed by atoms with Gasteiger partial charge >= 0.3 is 0 Å². The van der Waals surface area contributed by atoms with Gasteiger partial charge in [0.15, 0.2) is 5.16 Å². The first kappa shape index (κ1) is 14.6. The summed E-state index contributed by atoms with van der Waals surface area (Å²) < 4.78 is 0. The fraction of sp³-hybridized carbons (Fsp3) is 0.357. The molecule has 20 heavy (non-hydrogen) atoms. The van der Waals surface area contributed by atoms with Gasteiger partial charge in [-0.3, -0.25) is 9.59 Å². The number of ketones is 1. The van der Waals surface area contributed by atoms with Gasteiger partial charge in [0.1, 0.15) is 5.78 Å². The van der Waals surface area contributed by atoms with Crippen molar-refractivity contribution in [3.05, 3.63) is 23.8 Å². The van der Waals surface area contributed by atoms with E-state index in [0.29, 0.717) is 5.16 Å². The Morgan fingerprint density at radius 3 is 2.90 bits per heavy atom. The summed E-state index contributed by atoms with van der Waals surface area (Å²) in [4.78, 5) is 30.3. The van der Waals surface area contributed by atoms with Crippen LogP contribution in [0.4, 0.5) is 0 Å². The fourth-order valence-corrected chi connectivity index (χ4v) is 2.58. The second-order valence-electron chi connectivity index (χ2n) is 4.74. The number of aromatic nitrogens is 2. The summed E-state index contributed by atoms with van der Waals surface area (Å²) in [6, 6.07) is 5.97. The van der Waals surface area contributed by atoms with Crippen molar-refractivity contribution >= 4 is 34.5 Å². The summed E-state index contributed by atoms with van der Waals surface area (Å²) in [7, 11) is 0. The van der Waals surface area contributed by atoms with E-state index in [1.54, 1.807) is 6.92 Å². The maximum atomic E-state index is 11.8. The van der Waals surface area contributed by atoms with Crippen LogP contribution in [-0.4, -0.2) is 33.5 Å². The van der Waals surface area contributed by atoms with Crippen LogP contribution in [0.15, 0.2) is 23.4 Å². The molecule has 0 spiro atoms. The molecule has 0 fully saturated rings. The van der Waals surface area contributed by atoms with Crippen molar-refractivity contribution in [2.45, 2.75) is 31.2 Å². The number of nitrogens with zero attached hydrogens (tertiary/aromatic N) is 1. The Labute approximate surface area is 121 Å². The highest BCUT2D eigenvalue weighted by atomic mass is 32.2. The first-order valence-corrected chi connectivity index (χ1v) is 7.24. The van der Waals surface area contributed by atoms with Gasteiger partial charge in [-0.2, -0.15) is 0 Å². The standard InChI is InChI=1S/C14H17N3O2S/c1-8-4-5-11-12(6-8)17-14(16-11)20-10(3)13(19)15-7-9(2)18/h4-6,10H,7H2,1-3H3,(H,15,19)(H,16,17). The molecule has 0 aliphatic rings. The Morgan fingerprint density at radius 2 is 2.20 bits per heavy atom. The van der Waals surface area contributed by atoms with Gasteiger partial charge in [0, 0.05) is 0 Å². The van der Waals surface area contributed by atoms with E-state index in [1.807, 2.05) is 25.1 Å². The van der Waals surface area contributed by atoms with Gasteiger partial charge in [0.25, 0.3) is 0 Å². The summed E-state index contributed by atoms with van der Waals surface area (Å²) in [5.41, 5.74) is 3.00. The molecule has 0 radical (unpaired) electrons. The Bertz CT molecular complexity index is 651. The lowest BCUT2D eigenvalue weighted by Gasteiger charge is -2.08. The molecule has 0 bridgehead atoms. The number of aromatic amines is 1. The van der Waals surface area contributed by atoms with Gasteiger partial charge in [-0.25, -0.2) is 4.98 Å². The summed E-state index contributed by atoms with van der Waals surface area (Å²) in [6.45, 7) is 5.33. The summed E-state index contributed by atoms with van der Waals surface area (Å²) in [6.07, 6.45) is 0. The van der Waals surface area contributed by atoms with E-state index in [4.69, 9.17) is 0 Å². The number of hydrogen-bond acceptors (Lipinski definition) is 4. The maximum Gasteiger partial charge on any atom is 0.233 e. The zero-order valence-electron chi connectivity index (χ0n) is 11.7. The molecule has 2 aromatic rings. The van der Waals surface area contributed by atoms with E-state index in [2.05, 4.69) is 15.3 Å². The van der Waals surface area contributed by atoms with Gasteiger partial charge in [0.05, 0.1) is 22.8 Å². The molecule has 0 saturated heterocycles. The van der Waals surface area contributed by atoms with Crippen LogP contribution in [0.5, 0.6) is 0 Å². The third-order valence-electron chi connectivity index (χ3n) is 2.78. The summed E-state index contributed by atoms with van der Waals surface area (Å²) in [5, 5.41) is 2.99. The van der Waals surface area contributed by atoms with Crippen molar-refractivity contribution in [1.82, 2.24) is 15.3 Å². The van der Waals surface area contributed by atoms with Crippen LogP contribution in [0.25, 0.3) is 11.0 Å². The van der Waals surface area contributed by atoms with Crippen molar-refractivity contribution in [3.8, 4) is 0 Å². The number of aryl methyl sites for hydroxylation is 1. The van der Waals surface area contributed by atoms with Crippen LogP contribution < -0.4 is 5.32 Å². The minimum absolute atomic E-state index is 0.0604. The van der Waals surface area contributed by atoms with E-state index in [1.165, 1.54) is 18.7 Å². The molecule has 1 aromatic carbocycles. The van der Waals surface area contributed by atoms with E-state index >= 15 is 0 Å². The third kappa shape index (κ3) is 3.60. The van der Waals surface area contributed by atoms with Gasteiger partial charge in [0.2, 0.25) is 5.91 Å². The smallest absolute Gasteiger partial charge is 0.233 e. The highest BCUT2D eigenvalue weighted by molar-refractivity contribution is 8.00. The molecule has 1 unspecified atom stereocenters. The number of H-pyrrole nitrogens is 1. The number of nitrogens with one attached hydrogen (secondary N) is 2. The molecule has 5 nitrogen and oxygen atoms in total. The lowest BCUT2D eigenvalue weighted by Crippen LogP contribution is -2.34. The first-order valence-electron chi connectivity index (χ1n) is 6.36. The third-order valence-corrected chi connectivity index (χ3v) is 3.77. The number of carbonyl (C=O) groups is 2. The number of benzene rings is 1. The number of fused-ring (bicyclic) bond motifs is 1. The topological polar surface area (TPSA) is 74.8 Å². The molecule has 0 saturated carbocycles. The molecule has 0 aliphatic heterocycles. The fourth-order valence-electron chi connectivity index (χ4n) is 1.73. The van der Waals surface area contributed by atoms with Gasteiger partial charge in [-0.1, -0.05) is 17.8 Å². The molecule has 1 atom stereocenters. The lowest BCUT2D eigenvalue weighted by molar-refractivity contribution is -0.123. The molecular formula is C14H17N3O2S. The molecular weight excluding hydrogens is 274 g/mol. The molecule has 1 heterocycles. The quantitative estimate of drug-likeness (QED) is 0.827. The minimum atomic E-state index is -0.309. The van der Waals surface area contributed by atoms with Crippen molar-refractivity contribution in [3.63, 3.8) is 0 Å². The lowest BCUT2D eigenvalue weighted by atomic mass is 10.2. The average Bonchev–Trinajstić information content (AvgIpc) is 2.76. The maximum absolute atomic E-state index is 11.8. The first-order chi connectivity index (χ1) is 9.45. The number of Topliss-reactive ketones (excluding diaryl/α,β-unsaturated/α-hetero) is 1. The van der Waals surface area contributed by atoms with E-state index in [-0.39, 0.29) is 23.5 Å². The van der Waals surface area contributed by atoms with Crippen molar-refractivity contribution in [2.24, 2.45) is 0 Å². The zero-order chi connectivity index (χ0) is 14.7. The normalized spacial score (nSPS) is 12.3. The number of carbonyl (C=O) groups excluding carboxylic acids is 2. The van der Waals surface area contributed by atoms with Crippen LogP contribution in [0.2, 0.25) is 0 Å². The average molecular weight is 291 g/mol. The van der Waals surface area contributed by atoms with E-state index < -0.39 is 0 Å². The number of hydrogen-bond donors (Lipinski definition) is 2. The minimum Gasteiger partial charge on any atom is -0.348 e. The molecule has 106 valence electrons. The number of rotatable bonds is 5. The van der Waals surface area contributed by atoms with Gasteiger partial charge in [-0.05, 0) is 38.5 Å². The highest BCUT2D eigenvalue weighted by Crippen LogP contribution is 2.23. The summed E-state index contributed by atoms with van der Waals surface area (Å²) >= 11 is 1.34. The predicted octanol–water partition coefficient (Wildman–Crippen LogP) is 2.06. The Hall–Kier alpha value is -1.82. The van der Waals surface area contributed by atoms with Crippen LogP contribution in [-0.2, 0) is 9.59 Å². The van der Waals surface area contributed by atoms with Crippen LogP contribution in [0.1, 0.15) is 19.4 Å². The number of thioether (sulfide) groups is 1. The van der Waals surface area contributed by atoms with Crippen molar-refractivity contribution in [1.29, 1.82) is 0 Å². The Kier molecular flexibility index (Phi) is 4.44.